The van der Waals surface area contributed by atoms with Crippen LogP contribution in [0.3, 0.4) is 0 Å². The van der Waals surface area contributed by atoms with Gasteiger partial charge in [0.15, 0.2) is 0 Å². The van der Waals surface area contributed by atoms with E-state index in [4.69, 9.17) is 0 Å². The Labute approximate surface area is 86.2 Å². The second-order valence-electron chi connectivity index (χ2n) is 2.82. The molecule has 0 radical (unpaired) electrons. The molecule has 13 heavy (non-hydrogen) atoms. The van der Waals surface area contributed by atoms with Crippen molar-refractivity contribution in [2.45, 2.75) is 6.92 Å². The fourth-order valence-corrected chi connectivity index (χ4v) is 2.98. The Bertz CT molecular complexity index is 421. The van der Waals surface area contributed by atoms with E-state index in [9.17, 15) is 0 Å². The first kappa shape index (κ1) is 8.73. The van der Waals surface area contributed by atoms with Crippen LogP contribution in [-0.4, -0.2) is 0 Å². The van der Waals surface area contributed by atoms with E-state index >= 15 is 0 Å². The van der Waals surface area contributed by atoms with Gasteiger partial charge in [0.05, 0.1) is 0 Å². The molecule has 0 aliphatic rings. The summed E-state index contributed by atoms with van der Waals surface area (Å²) in [6.07, 6.45) is 1.90. The zero-order chi connectivity index (χ0) is 9.26. The first-order valence-electron chi connectivity index (χ1n) is 4.08. The van der Waals surface area contributed by atoms with Crippen molar-refractivity contribution >= 4 is 28.7 Å². The molecule has 0 saturated heterocycles. The maximum absolute atomic E-state index is 3.76. The van der Waals surface area contributed by atoms with Crippen LogP contribution in [0.4, 0.5) is 0 Å². The lowest BCUT2D eigenvalue weighted by Crippen LogP contribution is -1.55. The highest BCUT2D eigenvalue weighted by atomic mass is 32.1. The summed E-state index contributed by atoms with van der Waals surface area (Å²) in [5.74, 6) is 0. The Morgan fingerprint density at radius 3 is 2.31 bits per heavy atom. The van der Waals surface area contributed by atoms with Crippen molar-refractivity contribution in [2.75, 3.05) is 0 Å². The maximum Gasteiger partial charge on any atom is 0.0449 e. The molecule has 0 atom stereocenters. The summed E-state index contributed by atoms with van der Waals surface area (Å²) in [6.45, 7) is 5.89. The molecule has 0 aliphatic carbocycles. The van der Waals surface area contributed by atoms with Gasteiger partial charge in [-0.25, -0.2) is 0 Å². The molecular formula is C11H10S2. The van der Waals surface area contributed by atoms with Crippen LogP contribution in [0.15, 0.2) is 30.8 Å². The van der Waals surface area contributed by atoms with Crippen molar-refractivity contribution in [3.63, 3.8) is 0 Å². The summed E-state index contributed by atoms with van der Waals surface area (Å²) in [6, 6.07) is 8.61. The maximum atomic E-state index is 3.76. The summed E-state index contributed by atoms with van der Waals surface area (Å²) in [5, 5.41) is 0. The molecule has 0 fully saturated rings. The summed E-state index contributed by atoms with van der Waals surface area (Å²) < 4.78 is 0. The zero-order valence-electron chi connectivity index (χ0n) is 7.41. The molecule has 2 heteroatoms. The molecule has 2 rings (SSSR count). The largest absolute Gasteiger partial charge is 0.140 e. The summed E-state index contributed by atoms with van der Waals surface area (Å²) in [5.41, 5.74) is 0. The Hall–Kier alpha value is -0.860. The Morgan fingerprint density at radius 1 is 1.08 bits per heavy atom. The van der Waals surface area contributed by atoms with Gasteiger partial charge >= 0.3 is 0 Å². The Morgan fingerprint density at radius 2 is 1.77 bits per heavy atom. The van der Waals surface area contributed by atoms with E-state index in [2.05, 4.69) is 37.8 Å². The van der Waals surface area contributed by atoms with Crippen molar-refractivity contribution in [3.8, 4) is 9.75 Å². The van der Waals surface area contributed by atoms with E-state index in [0.29, 0.717) is 0 Å². The second-order valence-corrected chi connectivity index (χ2v) is 5.22. The van der Waals surface area contributed by atoms with Crippen molar-refractivity contribution < 1.29 is 0 Å². The molecule has 0 aliphatic heterocycles. The summed E-state index contributed by atoms with van der Waals surface area (Å²) in [7, 11) is 0. The molecular weight excluding hydrogens is 196 g/mol. The van der Waals surface area contributed by atoms with Gasteiger partial charge in [-0.1, -0.05) is 12.7 Å². The van der Waals surface area contributed by atoms with Crippen LogP contribution in [0.1, 0.15) is 9.75 Å². The summed E-state index contributed by atoms with van der Waals surface area (Å²) >= 11 is 3.63. The van der Waals surface area contributed by atoms with Gasteiger partial charge in [-0.2, -0.15) is 0 Å². The highest BCUT2D eigenvalue weighted by Gasteiger charge is 2.02. The van der Waals surface area contributed by atoms with Crippen LogP contribution in [0, 0.1) is 6.92 Å². The molecule has 2 aromatic heterocycles. The minimum atomic E-state index is 1.24. The van der Waals surface area contributed by atoms with Crippen LogP contribution < -0.4 is 0 Å². The van der Waals surface area contributed by atoms with E-state index < -0.39 is 0 Å². The van der Waals surface area contributed by atoms with E-state index in [-0.39, 0.29) is 0 Å². The van der Waals surface area contributed by atoms with Gasteiger partial charge < -0.3 is 0 Å². The molecule has 0 amide bonds. The van der Waals surface area contributed by atoms with Crippen molar-refractivity contribution in [2.24, 2.45) is 0 Å². The monoisotopic (exact) mass is 206 g/mol. The smallest absolute Gasteiger partial charge is 0.0449 e. The Kier molecular flexibility index (Phi) is 2.34. The molecule has 0 bridgehead atoms. The number of aryl methyl sites for hydroxylation is 1. The van der Waals surface area contributed by atoms with Gasteiger partial charge in [-0.3, -0.25) is 0 Å². The van der Waals surface area contributed by atoms with Gasteiger partial charge in [0.25, 0.3) is 0 Å². The Balaban J connectivity index is 2.40. The lowest BCUT2D eigenvalue weighted by molar-refractivity contribution is 1.64. The molecule has 0 aromatic carbocycles. The highest BCUT2D eigenvalue weighted by molar-refractivity contribution is 7.22. The first-order chi connectivity index (χ1) is 6.29. The lowest BCUT2D eigenvalue weighted by atomic mass is 10.3. The number of hydrogen-bond acceptors (Lipinski definition) is 2. The van der Waals surface area contributed by atoms with E-state index in [1.54, 1.807) is 11.3 Å². The SMILES string of the molecule is C=Cc1ccc(-c2ccc(C)s2)s1. The third kappa shape index (κ3) is 1.74. The fourth-order valence-electron chi connectivity index (χ4n) is 1.16. The van der Waals surface area contributed by atoms with Crippen LogP contribution in [0.5, 0.6) is 0 Å². The third-order valence-corrected chi connectivity index (χ3v) is 4.09. The number of hydrogen-bond donors (Lipinski definition) is 0. The van der Waals surface area contributed by atoms with Gasteiger partial charge in [-0.15, -0.1) is 22.7 Å². The zero-order valence-corrected chi connectivity index (χ0v) is 9.04. The molecule has 2 aromatic rings. The number of thiophene rings is 2. The fraction of sp³-hybridized carbons (Fsp3) is 0.0909. The van der Waals surface area contributed by atoms with Crippen molar-refractivity contribution in [3.05, 3.63) is 40.6 Å². The van der Waals surface area contributed by atoms with Gasteiger partial charge in [0, 0.05) is 19.5 Å². The van der Waals surface area contributed by atoms with Crippen molar-refractivity contribution in [1.29, 1.82) is 0 Å². The molecule has 0 spiro atoms. The van der Waals surface area contributed by atoms with Crippen LogP contribution >= 0.6 is 22.7 Å². The molecule has 0 nitrogen and oxygen atoms in total. The standard InChI is InChI=1S/C11H10S2/c1-3-9-5-7-11(13-9)10-6-4-8(2)12-10/h3-7H,1H2,2H3. The van der Waals surface area contributed by atoms with E-state index in [1.165, 1.54) is 19.5 Å². The first-order valence-corrected chi connectivity index (χ1v) is 5.72. The lowest BCUT2D eigenvalue weighted by Gasteiger charge is -1.87. The molecule has 0 unspecified atom stereocenters. The predicted octanol–water partition coefficient (Wildman–Crippen LogP) is 4.43. The van der Waals surface area contributed by atoms with Crippen LogP contribution in [-0.2, 0) is 0 Å². The molecule has 0 saturated carbocycles. The van der Waals surface area contributed by atoms with Gasteiger partial charge in [0.2, 0.25) is 0 Å². The normalized spacial score (nSPS) is 10.2. The quantitative estimate of drug-likeness (QED) is 0.682. The van der Waals surface area contributed by atoms with E-state index in [1.807, 2.05) is 17.4 Å². The van der Waals surface area contributed by atoms with Crippen LogP contribution in [0.25, 0.3) is 15.8 Å². The van der Waals surface area contributed by atoms with Gasteiger partial charge in [0.1, 0.15) is 0 Å². The molecule has 2 heterocycles. The minimum Gasteiger partial charge on any atom is -0.140 e. The minimum absolute atomic E-state index is 1.24. The highest BCUT2D eigenvalue weighted by Crippen LogP contribution is 2.33. The second kappa shape index (κ2) is 3.48. The van der Waals surface area contributed by atoms with E-state index in [0.717, 1.165) is 0 Å². The predicted molar refractivity (Wildman–Crippen MR) is 62.5 cm³/mol. The average molecular weight is 206 g/mol. The molecule has 66 valence electrons. The summed E-state index contributed by atoms with van der Waals surface area (Å²) in [4.78, 5) is 5.30. The van der Waals surface area contributed by atoms with Crippen LogP contribution in [0.2, 0.25) is 0 Å². The third-order valence-electron chi connectivity index (χ3n) is 1.81. The molecule has 0 N–H and O–H groups in total. The van der Waals surface area contributed by atoms with Crippen molar-refractivity contribution in [1.82, 2.24) is 0 Å². The average Bonchev–Trinajstić information content (AvgIpc) is 2.71. The number of rotatable bonds is 2. The van der Waals surface area contributed by atoms with Gasteiger partial charge in [-0.05, 0) is 31.2 Å². The topological polar surface area (TPSA) is 0 Å².